The molecule has 1 atom stereocenters. The molecule has 1 unspecified atom stereocenters. The highest BCUT2D eigenvalue weighted by atomic mass is 16.6. The Morgan fingerprint density at radius 2 is 0.590 bits per heavy atom. The zero-order chi connectivity index (χ0) is 44.4. The molecule has 0 aliphatic heterocycles. The van der Waals surface area contributed by atoms with E-state index in [1.807, 2.05) is 0 Å². The summed E-state index contributed by atoms with van der Waals surface area (Å²) >= 11 is 0. The number of carbonyl (C=O) groups is 3. The van der Waals surface area contributed by atoms with E-state index in [4.69, 9.17) is 14.2 Å². The van der Waals surface area contributed by atoms with Crippen molar-refractivity contribution < 1.29 is 28.6 Å². The van der Waals surface area contributed by atoms with Gasteiger partial charge in [0.25, 0.3) is 0 Å². The SMILES string of the molecule is CCCCC/C=C\C/C=C\CCCCCCCCCC(=O)OC(COC(=O)CCCCCCC)COC(=O)CCCCCCCCCCC/C=C\CCCCCCCCCC. The van der Waals surface area contributed by atoms with Gasteiger partial charge in [0, 0.05) is 19.3 Å². The van der Waals surface area contributed by atoms with Crippen molar-refractivity contribution in [2.75, 3.05) is 13.2 Å². The summed E-state index contributed by atoms with van der Waals surface area (Å²) in [7, 11) is 0. The number of rotatable bonds is 48. The summed E-state index contributed by atoms with van der Waals surface area (Å²) in [6.45, 7) is 6.54. The lowest BCUT2D eigenvalue weighted by molar-refractivity contribution is -0.167. The fourth-order valence-corrected chi connectivity index (χ4v) is 7.59. The molecule has 0 saturated heterocycles. The minimum atomic E-state index is -0.771. The highest BCUT2D eigenvalue weighted by Gasteiger charge is 2.19. The third-order valence-electron chi connectivity index (χ3n) is 11.6. The minimum Gasteiger partial charge on any atom is -0.462 e. The Balaban J connectivity index is 4.13. The van der Waals surface area contributed by atoms with Gasteiger partial charge < -0.3 is 14.2 Å². The number of esters is 3. The molecule has 0 aromatic heterocycles. The van der Waals surface area contributed by atoms with Crippen LogP contribution in [0, 0.1) is 0 Å². The van der Waals surface area contributed by atoms with E-state index in [0.717, 1.165) is 77.0 Å². The molecule has 0 N–H and O–H groups in total. The molecule has 0 spiro atoms. The monoisotopic (exact) mass is 857 g/mol. The molecule has 6 heteroatoms. The number of allylic oxidation sites excluding steroid dienone is 6. The van der Waals surface area contributed by atoms with Crippen molar-refractivity contribution in [3.8, 4) is 0 Å². The fraction of sp³-hybridized carbons (Fsp3) is 0.836. The van der Waals surface area contributed by atoms with Crippen molar-refractivity contribution in [3.63, 3.8) is 0 Å². The topological polar surface area (TPSA) is 78.9 Å². The standard InChI is InChI=1S/C55H100O6/c1-4-7-10-13-15-17-19-21-23-25-26-27-28-30-31-33-35-37-39-42-45-48-54(57)60-51-52(50-59-53(56)47-44-41-12-9-6-3)61-55(58)49-46-43-40-38-36-34-32-29-24-22-20-18-16-14-11-8-5-2/h16,18,22,24-26,52H,4-15,17,19-21,23,27-51H2,1-3H3/b18-16-,24-22-,26-25-. The second kappa shape index (κ2) is 50.3. The van der Waals surface area contributed by atoms with E-state index in [-0.39, 0.29) is 31.1 Å². The molecule has 0 saturated carbocycles. The van der Waals surface area contributed by atoms with Gasteiger partial charge in [-0.2, -0.15) is 0 Å². The second-order valence-electron chi connectivity index (χ2n) is 17.8. The van der Waals surface area contributed by atoms with Crippen LogP contribution in [0.1, 0.15) is 278 Å². The highest BCUT2D eigenvalue weighted by molar-refractivity contribution is 5.71. The molecule has 6 nitrogen and oxygen atoms in total. The van der Waals surface area contributed by atoms with Gasteiger partial charge in [-0.25, -0.2) is 0 Å². The maximum absolute atomic E-state index is 12.7. The molecular formula is C55H100O6. The van der Waals surface area contributed by atoms with Gasteiger partial charge in [-0.05, 0) is 77.0 Å². The summed E-state index contributed by atoms with van der Waals surface area (Å²) in [6, 6.07) is 0. The van der Waals surface area contributed by atoms with Gasteiger partial charge in [-0.15, -0.1) is 0 Å². The van der Waals surface area contributed by atoms with E-state index in [2.05, 4.69) is 57.2 Å². The summed E-state index contributed by atoms with van der Waals surface area (Å²) in [6.07, 6.45) is 58.8. The molecule has 0 aliphatic carbocycles. The van der Waals surface area contributed by atoms with Gasteiger partial charge in [0.2, 0.25) is 0 Å². The van der Waals surface area contributed by atoms with Crippen LogP contribution < -0.4 is 0 Å². The molecule has 356 valence electrons. The number of carbonyl (C=O) groups excluding carboxylic acids is 3. The van der Waals surface area contributed by atoms with Crippen LogP contribution >= 0.6 is 0 Å². The van der Waals surface area contributed by atoms with Crippen LogP contribution in [0.15, 0.2) is 36.5 Å². The first-order chi connectivity index (χ1) is 30.0. The van der Waals surface area contributed by atoms with Crippen molar-refractivity contribution in [1.29, 1.82) is 0 Å². The third-order valence-corrected chi connectivity index (χ3v) is 11.6. The lowest BCUT2D eigenvalue weighted by Gasteiger charge is -2.18. The van der Waals surface area contributed by atoms with Gasteiger partial charge >= 0.3 is 17.9 Å². The van der Waals surface area contributed by atoms with E-state index in [0.29, 0.717) is 19.3 Å². The number of unbranched alkanes of at least 4 members (excludes halogenated alkanes) is 31. The zero-order valence-corrected chi connectivity index (χ0v) is 40.7. The van der Waals surface area contributed by atoms with Crippen molar-refractivity contribution in [2.45, 2.75) is 284 Å². The molecule has 0 fully saturated rings. The summed E-state index contributed by atoms with van der Waals surface area (Å²) < 4.78 is 16.7. The number of ether oxygens (including phenoxy) is 3. The maximum Gasteiger partial charge on any atom is 0.306 e. The van der Waals surface area contributed by atoms with Crippen molar-refractivity contribution in [3.05, 3.63) is 36.5 Å². The van der Waals surface area contributed by atoms with Crippen molar-refractivity contribution in [1.82, 2.24) is 0 Å². The van der Waals surface area contributed by atoms with Crippen LogP contribution in [0.2, 0.25) is 0 Å². The van der Waals surface area contributed by atoms with Crippen LogP contribution in [-0.2, 0) is 28.6 Å². The molecule has 0 bridgehead atoms. The van der Waals surface area contributed by atoms with Crippen LogP contribution in [-0.4, -0.2) is 37.2 Å². The Hall–Kier alpha value is -2.37. The van der Waals surface area contributed by atoms with E-state index in [9.17, 15) is 14.4 Å². The normalized spacial score (nSPS) is 12.2. The van der Waals surface area contributed by atoms with E-state index < -0.39 is 6.10 Å². The molecule has 0 rings (SSSR count). The Labute approximate surface area is 378 Å². The molecule has 0 aromatic carbocycles. The Bertz CT molecular complexity index is 1030. The molecule has 0 heterocycles. The summed E-state index contributed by atoms with van der Waals surface area (Å²) in [5, 5.41) is 0. The second-order valence-corrected chi connectivity index (χ2v) is 17.8. The zero-order valence-electron chi connectivity index (χ0n) is 40.7. The molecule has 0 aliphatic rings. The van der Waals surface area contributed by atoms with Gasteiger partial charge in [0.1, 0.15) is 13.2 Å². The van der Waals surface area contributed by atoms with Crippen LogP contribution in [0.3, 0.4) is 0 Å². The number of hydrogen-bond acceptors (Lipinski definition) is 6. The summed E-state index contributed by atoms with van der Waals surface area (Å²) in [5.74, 6) is -0.890. The Morgan fingerprint density at radius 1 is 0.328 bits per heavy atom. The van der Waals surface area contributed by atoms with Crippen LogP contribution in [0.5, 0.6) is 0 Å². The summed E-state index contributed by atoms with van der Waals surface area (Å²) in [5.41, 5.74) is 0. The van der Waals surface area contributed by atoms with Crippen molar-refractivity contribution in [2.24, 2.45) is 0 Å². The fourth-order valence-electron chi connectivity index (χ4n) is 7.59. The van der Waals surface area contributed by atoms with Crippen LogP contribution in [0.4, 0.5) is 0 Å². The molecule has 61 heavy (non-hydrogen) atoms. The maximum atomic E-state index is 12.7. The first kappa shape index (κ1) is 58.6. The van der Waals surface area contributed by atoms with Crippen molar-refractivity contribution >= 4 is 17.9 Å². The quantitative estimate of drug-likeness (QED) is 0.0262. The Kier molecular flexibility index (Phi) is 48.3. The molecule has 0 aromatic rings. The average Bonchev–Trinajstić information content (AvgIpc) is 3.26. The van der Waals surface area contributed by atoms with Gasteiger partial charge in [-0.1, -0.05) is 218 Å². The van der Waals surface area contributed by atoms with E-state index >= 15 is 0 Å². The first-order valence-electron chi connectivity index (χ1n) is 26.5. The van der Waals surface area contributed by atoms with E-state index in [1.54, 1.807) is 0 Å². The molecule has 0 amide bonds. The average molecular weight is 857 g/mol. The first-order valence-corrected chi connectivity index (χ1v) is 26.5. The number of hydrogen-bond donors (Lipinski definition) is 0. The Morgan fingerprint density at radius 3 is 0.951 bits per heavy atom. The lowest BCUT2D eigenvalue weighted by Crippen LogP contribution is -2.30. The van der Waals surface area contributed by atoms with Crippen LogP contribution in [0.25, 0.3) is 0 Å². The largest absolute Gasteiger partial charge is 0.462 e. The van der Waals surface area contributed by atoms with Gasteiger partial charge in [0.05, 0.1) is 0 Å². The third kappa shape index (κ3) is 48.5. The lowest BCUT2D eigenvalue weighted by atomic mass is 10.1. The molecular weight excluding hydrogens is 757 g/mol. The predicted octanol–water partition coefficient (Wildman–Crippen LogP) is 17.3. The predicted molar refractivity (Wildman–Crippen MR) is 261 cm³/mol. The summed E-state index contributed by atoms with van der Waals surface area (Å²) in [4.78, 5) is 37.7. The molecule has 0 radical (unpaired) electrons. The van der Waals surface area contributed by atoms with Gasteiger partial charge in [0.15, 0.2) is 6.10 Å². The highest BCUT2D eigenvalue weighted by Crippen LogP contribution is 2.15. The van der Waals surface area contributed by atoms with Gasteiger partial charge in [-0.3, -0.25) is 14.4 Å². The smallest absolute Gasteiger partial charge is 0.306 e. The minimum absolute atomic E-state index is 0.0751. The van der Waals surface area contributed by atoms with E-state index in [1.165, 1.54) is 161 Å².